The topological polar surface area (TPSA) is 38.9 Å². The second kappa shape index (κ2) is 5.05. The van der Waals surface area contributed by atoms with E-state index in [0.29, 0.717) is 5.82 Å². The van der Waals surface area contributed by atoms with Crippen LogP contribution in [-0.4, -0.2) is 10.4 Å². The molecule has 0 spiro atoms. The molecule has 1 aromatic heterocycles. The number of pyridine rings is 1. The Morgan fingerprint density at radius 2 is 2.06 bits per heavy atom. The number of aromatic nitrogens is 1. The molecular weight excluding hydrogens is 220 g/mol. The van der Waals surface area contributed by atoms with Gasteiger partial charge in [0.25, 0.3) is 0 Å². The number of anilines is 1. The van der Waals surface area contributed by atoms with Gasteiger partial charge < -0.3 is 5.73 Å². The van der Waals surface area contributed by atoms with Crippen molar-refractivity contribution >= 4 is 17.4 Å². The lowest BCUT2D eigenvalue weighted by Crippen LogP contribution is -2.21. The van der Waals surface area contributed by atoms with Gasteiger partial charge in [-0.3, -0.25) is 0 Å². The van der Waals surface area contributed by atoms with E-state index in [2.05, 4.69) is 32.7 Å². The van der Waals surface area contributed by atoms with Gasteiger partial charge in [-0.25, -0.2) is 4.98 Å². The van der Waals surface area contributed by atoms with Crippen molar-refractivity contribution in [3.8, 4) is 0 Å². The Morgan fingerprint density at radius 3 is 2.56 bits per heavy atom. The maximum atomic E-state index is 6.35. The molecule has 0 aliphatic heterocycles. The Kier molecular flexibility index (Phi) is 4.20. The summed E-state index contributed by atoms with van der Waals surface area (Å²) in [6.45, 7) is 8.53. The zero-order valence-corrected chi connectivity index (χ0v) is 11.3. The minimum Gasteiger partial charge on any atom is -0.383 e. The molecule has 1 unspecified atom stereocenters. The molecule has 1 heterocycles. The summed E-state index contributed by atoms with van der Waals surface area (Å²) in [6, 6.07) is 1.99. The third-order valence-corrected chi connectivity index (χ3v) is 3.78. The molecule has 0 bridgehead atoms. The number of alkyl halides is 1. The normalized spacial score (nSPS) is 13.8. The summed E-state index contributed by atoms with van der Waals surface area (Å²) in [4.78, 5) is 4.11. The van der Waals surface area contributed by atoms with E-state index in [1.165, 1.54) is 5.56 Å². The summed E-state index contributed by atoms with van der Waals surface area (Å²) in [7, 11) is 0. The van der Waals surface area contributed by atoms with Crippen molar-refractivity contribution < 1.29 is 0 Å². The summed E-state index contributed by atoms with van der Waals surface area (Å²) >= 11 is 6.35. The molecule has 0 amide bonds. The summed E-state index contributed by atoms with van der Waals surface area (Å²) in [6.07, 6.45) is 3.58. The molecule has 0 fully saturated rings. The summed E-state index contributed by atoms with van der Waals surface area (Å²) in [5.74, 6) is 0.637. The fourth-order valence-electron chi connectivity index (χ4n) is 1.64. The highest BCUT2D eigenvalue weighted by Gasteiger charge is 2.22. The molecule has 2 nitrogen and oxygen atoms in total. The van der Waals surface area contributed by atoms with Crippen molar-refractivity contribution in [1.82, 2.24) is 4.98 Å². The lowest BCUT2D eigenvalue weighted by atomic mass is 9.88. The Hall–Kier alpha value is -0.760. The van der Waals surface area contributed by atoms with E-state index >= 15 is 0 Å². The van der Waals surface area contributed by atoms with Crippen LogP contribution in [0.1, 0.15) is 38.3 Å². The standard InChI is InChI=1S/C13H21ClN2/c1-9-7-8-16-12(15)10(9)5-6-11(14)13(2,3)4/h7-8,11H,5-6H2,1-4H3,(H2,15,16). The van der Waals surface area contributed by atoms with Gasteiger partial charge in [0.05, 0.1) is 0 Å². The molecule has 1 atom stereocenters. The number of nitrogens with zero attached hydrogens (tertiary/aromatic N) is 1. The number of nitrogens with two attached hydrogens (primary N) is 1. The van der Waals surface area contributed by atoms with Crippen molar-refractivity contribution in [2.75, 3.05) is 5.73 Å². The first-order valence-electron chi connectivity index (χ1n) is 5.66. The highest BCUT2D eigenvalue weighted by molar-refractivity contribution is 6.21. The molecule has 3 heteroatoms. The third-order valence-electron chi connectivity index (χ3n) is 2.91. The first kappa shape index (κ1) is 13.3. The van der Waals surface area contributed by atoms with Crippen LogP contribution in [0.3, 0.4) is 0 Å². The number of hydrogen-bond donors (Lipinski definition) is 1. The van der Waals surface area contributed by atoms with E-state index in [9.17, 15) is 0 Å². The van der Waals surface area contributed by atoms with E-state index in [-0.39, 0.29) is 10.8 Å². The molecular formula is C13H21ClN2. The number of nitrogen functional groups attached to an aromatic ring is 1. The van der Waals surface area contributed by atoms with Gasteiger partial charge in [0.2, 0.25) is 0 Å². The van der Waals surface area contributed by atoms with Gasteiger partial charge >= 0.3 is 0 Å². The second-order valence-corrected chi connectivity index (χ2v) is 5.89. The van der Waals surface area contributed by atoms with Gasteiger partial charge in [0.1, 0.15) is 5.82 Å². The average Bonchev–Trinajstić information content (AvgIpc) is 2.15. The molecule has 2 N–H and O–H groups in total. The summed E-state index contributed by atoms with van der Waals surface area (Å²) in [5, 5.41) is 0.159. The molecule has 1 rings (SSSR count). The van der Waals surface area contributed by atoms with Crippen LogP contribution in [-0.2, 0) is 6.42 Å². The fourth-order valence-corrected chi connectivity index (χ4v) is 1.75. The maximum Gasteiger partial charge on any atom is 0.126 e. The van der Waals surface area contributed by atoms with Crippen LogP contribution >= 0.6 is 11.6 Å². The molecule has 0 radical (unpaired) electrons. The molecule has 0 aliphatic carbocycles. The van der Waals surface area contributed by atoms with Gasteiger partial charge in [-0.2, -0.15) is 0 Å². The lowest BCUT2D eigenvalue weighted by molar-refractivity contribution is 0.374. The predicted octanol–water partition coefficient (Wildman–Crippen LogP) is 3.56. The fraction of sp³-hybridized carbons (Fsp3) is 0.615. The van der Waals surface area contributed by atoms with Gasteiger partial charge in [0, 0.05) is 11.6 Å². The molecule has 0 aromatic carbocycles. The summed E-state index contributed by atoms with van der Waals surface area (Å²) < 4.78 is 0. The monoisotopic (exact) mass is 240 g/mol. The van der Waals surface area contributed by atoms with Gasteiger partial charge in [-0.1, -0.05) is 20.8 Å². The first-order chi connectivity index (χ1) is 7.32. The molecule has 1 aromatic rings. The van der Waals surface area contributed by atoms with Crippen LogP contribution in [0.25, 0.3) is 0 Å². The molecule has 90 valence electrons. The largest absolute Gasteiger partial charge is 0.383 e. The van der Waals surface area contributed by atoms with Crippen molar-refractivity contribution in [3.05, 3.63) is 23.4 Å². The van der Waals surface area contributed by atoms with Crippen molar-refractivity contribution in [3.63, 3.8) is 0 Å². The van der Waals surface area contributed by atoms with E-state index in [4.69, 9.17) is 17.3 Å². The van der Waals surface area contributed by atoms with E-state index in [1.54, 1.807) is 6.20 Å². The Morgan fingerprint density at radius 1 is 1.44 bits per heavy atom. The SMILES string of the molecule is Cc1ccnc(N)c1CCC(Cl)C(C)(C)C. The van der Waals surface area contributed by atoms with E-state index < -0.39 is 0 Å². The molecule has 0 aliphatic rings. The molecule has 0 saturated heterocycles. The van der Waals surface area contributed by atoms with Crippen LogP contribution in [0.5, 0.6) is 0 Å². The van der Waals surface area contributed by atoms with Crippen LogP contribution in [0, 0.1) is 12.3 Å². The van der Waals surface area contributed by atoms with Gasteiger partial charge in [-0.05, 0) is 42.4 Å². The third kappa shape index (κ3) is 3.38. The molecule has 0 saturated carbocycles. The van der Waals surface area contributed by atoms with Crippen LogP contribution in [0.2, 0.25) is 0 Å². The Bertz CT molecular complexity index is 335. The van der Waals surface area contributed by atoms with Crippen molar-refractivity contribution in [2.24, 2.45) is 5.41 Å². The Balaban J connectivity index is 2.69. The zero-order chi connectivity index (χ0) is 12.3. The van der Waals surface area contributed by atoms with E-state index in [0.717, 1.165) is 18.4 Å². The quantitative estimate of drug-likeness (QED) is 0.821. The zero-order valence-electron chi connectivity index (χ0n) is 10.5. The minimum absolute atomic E-state index is 0.131. The van der Waals surface area contributed by atoms with Crippen LogP contribution in [0.15, 0.2) is 12.3 Å². The predicted molar refractivity (Wildman–Crippen MR) is 70.8 cm³/mol. The maximum absolute atomic E-state index is 6.35. The van der Waals surface area contributed by atoms with Crippen molar-refractivity contribution in [2.45, 2.75) is 45.9 Å². The number of rotatable bonds is 3. The van der Waals surface area contributed by atoms with Gasteiger partial charge in [0.15, 0.2) is 0 Å². The van der Waals surface area contributed by atoms with Crippen molar-refractivity contribution in [1.29, 1.82) is 0 Å². The smallest absolute Gasteiger partial charge is 0.126 e. The van der Waals surface area contributed by atoms with Crippen LogP contribution in [0.4, 0.5) is 5.82 Å². The number of halogens is 1. The highest BCUT2D eigenvalue weighted by atomic mass is 35.5. The number of aryl methyl sites for hydroxylation is 1. The number of hydrogen-bond acceptors (Lipinski definition) is 2. The average molecular weight is 241 g/mol. The first-order valence-corrected chi connectivity index (χ1v) is 6.10. The van der Waals surface area contributed by atoms with Crippen LogP contribution < -0.4 is 5.73 Å². The second-order valence-electron chi connectivity index (χ2n) is 5.36. The minimum atomic E-state index is 0.131. The molecule has 16 heavy (non-hydrogen) atoms. The van der Waals surface area contributed by atoms with Gasteiger partial charge in [-0.15, -0.1) is 11.6 Å². The Labute approximate surface area is 103 Å². The van der Waals surface area contributed by atoms with E-state index in [1.807, 2.05) is 6.07 Å². The lowest BCUT2D eigenvalue weighted by Gasteiger charge is -2.25. The highest BCUT2D eigenvalue weighted by Crippen LogP contribution is 2.29. The summed E-state index contributed by atoms with van der Waals surface area (Å²) in [5.41, 5.74) is 8.33.